The van der Waals surface area contributed by atoms with Crippen LogP contribution >= 0.6 is 0 Å². The molecule has 0 aliphatic rings. The van der Waals surface area contributed by atoms with Crippen molar-refractivity contribution in [3.63, 3.8) is 0 Å². The largest absolute Gasteiger partial charge is 0.494 e. The van der Waals surface area contributed by atoms with Crippen LogP contribution in [0.25, 0.3) is 39.6 Å². The SMILES string of the molecule is CCCCCCCCOc1ccc(-c2nnc(-c3ccc(-c4cc(C)ccc4C)cc3)n2-c2ccccc2)cc1. The van der Waals surface area contributed by atoms with E-state index in [4.69, 9.17) is 4.74 Å². The van der Waals surface area contributed by atoms with Gasteiger partial charge in [-0.1, -0.05) is 105 Å². The zero-order valence-corrected chi connectivity index (χ0v) is 23.9. The van der Waals surface area contributed by atoms with Crippen molar-refractivity contribution in [3.8, 4) is 45.3 Å². The first-order chi connectivity index (χ1) is 19.6. The fourth-order valence-electron chi connectivity index (χ4n) is 5.10. The molecule has 0 unspecified atom stereocenters. The summed E-state index contributed by atoms with van der Waals surface area (Å²) in [7, 11) is 0. The molecule has 204 valence electrons. The lowest BCUT2D eigenvalue weighted by atomic mass is 9.97. The van der Waals surface area contributed by atoms with Crippen molar-refractivity contribution < 1.29 is 4.74 Å². The van der Waals surface area contributed by atoms with Crippen LogP contribution in [0.15, 0.2) is 97.1 Å². The first kappa shape index (κ1) is 27.4. The lowest BCUT2D eigenvalue weighted by molar-refractivity contribution is 0.304. The third-order valence-electron chi connectivity index (χ3n) is 7.40. The standard InChI is InChI=1S/C36H39N3O/c1-4-5-6-7-8-12-25-40-33-23-21-31(22-24-33)36-38-37-35(39(36)32-13-10-9-11-14-32)30-19-17-29(18-20-30)34-26-27(2)15-16-28(34)3/h9-11,13-24,26H,4-8,12,25H2,1-3H3. The first-order valence-electron chi connectivity index (χ1n) is 14.6. The van der Waals surface area contributed by atoms with Crippen LogP contribution in [-0.2, 0) is 0 Å². The van der Waals surface area contributed by atoms with Crippen molar-refractivity contribution in [2.45, 2.75) is 59.3 Å². The van der Waals surface area contributed by atoms with E-state index in [0.717, 1.165) is 47.2 Å². The molecular weight excluding hydrogens is 490 g/mol. The van der Waals surface area contributed by atoms with Gasteiger partial charge in [-0.2, -0.15) is 0 Å². The molecule has 40 heavy (non-hydrogen) atoms. The molecule has 0 aliphatic heterocycles. The van der Waals surface area contributed by atoms with E-state index in [9.17, 15) is 0 Å². The molecule has 4 nitrogen and oxygen atoms in total. The molecule has 4 aromatic carbocycles. The Labute approximate surface area is 238 Å². The van der Waals surface area contributed by atoms with Crippen molar-refractivity contribution in [2.24, 2.45) is 0 Å². The maximum Gasteiger partial charge on any atom is 0.168 e. The van der Waals surface area contributed by atoms with Crippen molar-refractivity contribution in [3.05, 3.63) is 108 Å². The highest BCUT2D eigenvalue weighted by molar-refractivity contribution is 5.73. The van der Waals surface area contributed by atoms with Crippen LogP contribution in [0.5, 0.6) is 5.75 Å². The zero-order valence-electron chi connectivity index (χ0n) is 23.9. The second-order valence-corrected chi connectivity index (χ2v) is 10.6. The van der Waals surface area contributed by atoms with E-state index >= 15 is 0 Å². The maximum absolute atomic E-state index is 6.01. The second kappa shape index (κ2) is 13.3. The highest BCUT2D eigenvalue weighted by atomic mass is 16.5. The number of rotatable bonds is 12. The summed E-state index contributed by atoms with van der Waals surface area (Å²) in [5.41, 5.74) is 8.05. The minimum absolute atomic E-state index is 0.758. The Balaban J connectivity index is 1.38. The fourth-order valence-corrected chi connectivity index (χ4v) is 5.10. The molecule has 0 aliphatic carbocycles. The minimum atomic E-state index is 0.758. The molecule has 1 aromatic heterocycles. The summed E-state index contributed by atoms with van der Waals surface area (Å²) in [5, 5.41) is 9.33. The summed E-state index contributed by atoms with van der Waals surface area (Å²) >= 11 is 0. The van der Waals surface area contributed by atoms with Gasteiger partial charge in [-0.15, -0.1) is 10.2 Å². The van der Waals surface area contributed by atoms with Crippen molar-refractivity contribution >= 4 is 0 Å². The van der Waals surface area contributed by atoms with E-state index in [0.29, 0.717) is 0 Å². The van der Waals surface area contributed by atoms with Gasteiger partial charge in [0.2, 0.25) is 0 Å². The number of benzene rings is 4. The molecule has 4 heteroatoms. The summed E-state index contributed by atoms with van der Waals surface area (Å²) in [5.74, 6) is 2.52. The van der Waals surface area contributed by atoms with Crippen LogP contribution in [0, 0.1) is 13.8 Å². The topological polar surface area (TPSA) is 39.9 Å². The number of ether oxygens (including phenoxy) is 1. The fraction of sp³-hybridized carbons (Fsp3) is 0.278. The van der Waals surface area contributed by atoms with Gasteiger partial charge in [-0.3, -0.25) is 4.57 Å². The minimum Gasteiger partial charge on any atom is -0.494 e. The molecule has 0 atom stereocenters. The Kier molecular flexibility index (Phi) is 9.07. The van der Waals surface area contributed by atoms with Gasteiger partial charge in [0, 0.05) is 16.8 Å². The molecule has 0 fully saturated rings. The molecular formula is C36H39N3O. The number of hydrogen-bond acceptors (Lipinski definition) is 3. The second-order valence-electron chi connectivity index (χ2n) is 10.6. The average molecular weight is 530 g/mol. The summed E-state index contributed by atoms with van der Waals surface area (Å²) in [4.78, 5) is 0. The van der Waals surface area contributed by atoms with E-state index in [1.807, 2.05) is 30.3 Å². The predicted octanol–water partition coefficient (Wildman–Crippen LogP) is 9.62. The van der Waals surface area contributed by atoms with E-state index in [-0.39, 0.29) is 0 Å². The van der Waals surface area contributed by atoms with Crippen molar-refractivity contribution in [2.75, 3.05) is 6.61 Å². The van der Waals surface area contributed by atoms with Crippen molar-refractivity contribution in [1.29, 1.82) is 0 Å². The third kappa shape index (κ3) is 6.51. The predicted molar refractivity (Wildman–Crippen MR) is 166 cm³/mol. The molecule has 5 rings (SSSR count). The lowest BCUT2D eigenvalue weighted by Crippen LogP contribution is -2.01. The number of para-hydroxylation sites is 1. The molecule has 0 radical (unpaired) electrons. The van der Waals surface area contributed by atoms with Crippen LogP contribution < -0.4 is 4.74 Å². The number of nitrogens with zero attached hydrogens (tertiary/aromatic N) is 3. The average Bonchev–Trinajstić information content (AvgIpc) is 3.44. The highest BCUT2D eigenvalue weighted by Gasteiger charge is 2.17. The van der Waals surface area contributed by atoms with Crippen LogP contribution in [0.2, 0.25) is 0 Å². The van der Waals surface area contributed by atoms with Gasteiger partial charge < -0.3 is 4.74 Å². The van der Waals surface area contributed by atoms with Gasteiger partial charge in [-0.05, 0) is 73.4 Å². The lowest BCUT2D eigenvalue weighted by Gasteiger charge is -2.12. The third-order valence-corrected chi connectivity index (χ3v) is 7.40. The molecule has 0 saturated heterocycles. The Hall–Kier alpha value is -4.18. The van der Waals surface area contributed by atoms with Gasteiger partial charge in [0.15, 0.2) is 11.6 Å². The monoisotopic (exact) mass is 529 g/mol. The molecule has 0 spiro atoms. The quantitative estimate of drug-likeness (QED) is 0.151. The Morgan fingerprint density at radius 2 is 1.23 bits per heavy atom. The number of unbranched alkanes of at least 4 members (excludes halogenated alkanes) is 5. The van der Waals surface area contributed by atoms with Crippen molar-refractivity contribution in [1.82, 2.24) is 14.8 Å². The van der Waals surface area contributed by atoms with E-state index in [1.165, 1.54) is 54.4 Å². The normalized spacial score (nSPS) is 11.1. The summed E-state index contributed by atoms with van der Waals surface area (Å²) in [6.45, 7) is 7.30. The van der Waals surface area contributed by atoms with Gasteiger partial charge in [-0.25, -0.2) is 0 Å². The molecule has 0 bridgehead atoms. The smallest absolute Gasteiger partial charge is 0.168 e. The van der Waals surface area contributed by atoms with Gasteiger partial charge in [0.05, 0.1) is 6.61 Å². The molecule has 0 amide bonds. The van der Waals surface area contributed by atoms with Gasteiger partial charge in [0.25, 0.3) is 0 Å². The Morgan fingerprint density at radius 1 is 0.625 bits per heavy atom. The molecule has 0 saturated carbocycles. The van der Waals surface area contributed by atoms with E-state index in [2.05, 4.69) is 102 Å². The van der Waals surface area contributed by atoms with Gasteiger partial charge >= 0.3 is 0 Å². The van der Waals surface area contributed by atoms with Crippen LogP contribution in [0.4, 0.5) is 0 Å². The van der Waals surface area contributed by atoms with Crippen LogP contribution in [0.3, 0.4) is 0 Å². The first-order valence-corrected chi connectivity index (χ1v) is 14.6. The van der Waals surface area contributed by atoms with E-state index in [1.54, 1.807) is 0 Å². The molecule has 0 N–H and O–H groups in total. The number of aryl methyl sites for hydroxylation is 2. The summed E-state index contributed by atoms with van der Waals surface area (Å²) in [6, 6.07) is 33.8. The van der Waals surface area contributed by atoms with E-state index < -0.39 is 0 Å². The number of hydrogen-bond donors (Lipinski definition) is 0. The summed E-state index contributed by atoms with van der Waals surface area (Å²) in [6.07, 6.45) is 7.55. The highest BCUT2D eigenvalue weighted by Crippen LogP contribution is 2.32. The van der Waals surface area contributed by atoms with Gasteiger partial charge in [0.1, 0.15) is 5.75 Å². The van der Waals surface area contributed by atoms with Crippen LogP contribution in [-0.4, -0.2) is 21.4 Å². The molecule has 1 heterocycles. The van der Waals surface area contributed by atoms with Crippen LogP contribution in [0.1, 0.15) is 56.6 Å². The summed E-state index contributed by atoms with van der Waals surface area (Å²) < 4.78 is 8.15. The Morgan fingerprint density at radius 3 is 1.90 bits per heavy atom. The zero-order chi connectivity index (χ0) is 27.7. The molecule has 5 aromatic rings. The number of aromatic nitrogens is 3. The Bertz CT molecular complexity index is 1500. The maximum atomic E-state index is 6.01.